The molecule has 0 aliphatic rings. The molecular formula is C15H18N2O4. The van der Waals surface area contributed by atoms with Crippen LogP contribution in [0.1, 0.15) is 27.4 Å². The Morgan fingerprint density at radius 2 is 2.05 bits per heavy atom. The van der Waals surface area contributed by atoms with Crippen LogP contribution in [-0.2, 0) is 6.54 Å². The quantitative estimate of drug-likeness (QED) is 0.914. The fourth-order valence-corrected chi connectivity index (χ4v) is 2.00. The Morgan fingerprint density at radius 3 is 2.62 bits per heavy atom. The molecule has 112 valence electrons. The minimum Gasteiger partial charge on any atom is -0.497 e. The molecular weight excluding hydrogens is 272 g/mol. The van der Waals surface area contributed by atoms with Crippen LogP contribution in [0.25, 0.3) is 0 Å². The van der Waals surface area contributed by atoms with Crippen molar-refractivity contribution < 1.29 is 18.8 Å². The first-order valence-corrected chi connectivity index (χ1v) is 6.48. The van der Waals surface area contributed by atoms with Gasteiger partial charge in [-0.05, 0) is 26.0 Å². The molecule has 0 bridgehead atoms. The SMILES string of the molecule is COc1ccc(C(=O)NCc2c(C)noc2C)c(OC)c1. The summed E-state index contributed by atoms with van der Waals surface area (Å²) in [6.45, 7) is 4.01. The third-order valence-electron chi connectivity index (χ3n) is 3.26. The second-order valence-electron chi connectivity index (χ2n) is 4.55. The molecule has 1 aromatic carbocycles. The van der Waals surface area contributed by atoms with Gasteiger partial charge in [0.2, 0.25) is 0 Å². The summed E-state index contributed by atoms with van der Waals surface area (Å²) in [5.41, 5.74) is 2.11. The summed E-state index contributed by atoms with van der Waals surface area (Å²) in [5, 5.41) is 6.69. The molecule has 6 heteroatoms. The molecule has 1 heterocycles. The zero-order valence-corrected chi connectivity index (χ0v) is 12.5. The lowest BCUT2D eigenvalue weighted by Gasteiger charge is -2.10. The Hall–Kier alpha value is -2.50. The third kappa shape index (κ3) is 3.16. The van der Waals surface area contributed by atoms with Gasteiger partial charge in [0, 0.05) is 18.2 Å². The van der Waals surface area contributed by atoms with Crippen molar-refractivity contribution >= 4 is 5.91 Å². The van der Waals surface area contributed by atoms with Gasteiger partial charge in [0.25, 0.3) is 5.91 Å². The van der Waals surface area contributed by atoms with Crippen LogP contribution in [0.5, 0.6) is 11.5 Å². The van der Waals surface area contributed by atoms with Crippen LogP contribution in [0.3, 0.4) is 0 Å². The summed E-state index contributed by atoms with van der Waals surface area (Å²) >= 11 is 0. The zero-order valence-electron chi connectivity index (χ0n) is 12.5. The molecule has 0 aliphatic heterocycles. The van der Waals surface area contributed by atoms with E-state index >= 15 is 0 Å². The molecule has 1 N–H and O–H groups in total. The number of nitrogens with zero attached hydrogens (tertiary/aromatic N) is 1. The van der Waals surface area contributed by atoms with E-state index in [2.05, 4.69) is 10.5 Å². The highest BCUT2D eigenvalue weighted by Crippen LogP contribution is 2.24. The molecule has 0 radical (unpaired) electrons. The lowest BCUT2D eigenvalue weighted by molar-refractivity contribution is 0.0947. The molecule has 0 unspecified atom stereocenters. The van der Waals surface area contributed by atoms with Crippen molar-refractivity contribution in [2.24, 2.45) is 0 Å². The van der Waals surface area contributed by atoms with E-state index in [0.29, 0.717) is 29.4 Å². The fraction of sp³-hybridized carbons (Fsp3) is 0.333. The second-order valence-corrected chi connectivity index (χ2v) is 4.55. The lowest BCUT2D eigenvalue weighted by atomic mass is 10.1. The second kappa shape index (κ2) is 6.30. The van der Waals surface area contributed by atoms with E-state index in [1.165, 1.54) is 7.11 Å². The van der Waals surface area contributed by atoms with Gasteiger partial charge < -0.3 is 19.3 Å². The monoisotopic (exact) mass is 290 g/mol. The first-order chi connectivity index (χ1) is 10.1. The number of rotatable bonds is 5. The number of aryl methyl sites for hydroxylation is 2. The smallest absolute Gasteiger partial charge is 0.255 e. The number of amides is 1. The average Bonchev–Trinajstić information content (AvgIpc) is 2.82. The van der Waals surface area contributed by atoms with Gasteiger partial charge in [-0.2, -0.15) is 0 Å². The summed E-state index contributed by atoms with van der Waals surface area (Å²) in [6, 6.07) is 5.05. The highest BCUT2D eigenvalue weighted by atomic mass is 16.5. The van der Waals surface area contributed by atoms with Crippen molar-refractivity contribution in [3.05, 3.63) is 40.8 Å². The van der Waals surface area contributed by atoms with Crippen molar-refractivity contribution in [2.75, 3.05) is 14.2 Å². The Bertz CT molecular complexity index is 630. The molecule has 2 aromatic rings. The maximum atomic E-state index is 12.3. The molecule has 0 fully saturated rings. The zero-order chi connectivity index (χ0) is 15.4. The number of hydrogen-bond donors (Lipinski definition) is 1. The van der Waals surface area contributed by atoms with Gasteiger partial charge in [0.05, 0.1) is 25.5 Å². The molecule has 0 aliphatic carbocycles. The number of benzene rings is 1. The third-order valence-corrected chi connectivity index (χ3v) is 3.26. The van der Waals surface area contributed by atoms with Crippen LogP contribution in [0.4, 0.5) is 0 Å². The molecule has 21 heavy (non-hydrogen) atoms. The highest BCUT2D eigenvalue weighted by molar-refractivity contribution is 5.97. The number of aromatic nitrogens is 1. The van der Waals surface area contributed by atoms with Gasteiger partial charge in [0.15, 0.2) is 0 Å². The van der Waals surface area contributed by atoms with Crippen LogP contribution < -0.4 is 14.8 Å². The van der Waals surface area contributed by atoms with Crippen molar-refractivity contribution in [2.45, 2.75) is 20.4 Å². The van der Waals surface area contributed by atoms with Crippen LogP contribution in [-0.4, -0.2) is 25.3 Å². The van der Waals surface area contributed by atoms with Gasteiger partial charge in [-0.3, -0.25) is 4.79 Å². The standard InChI is InChI=1S/C15H18N2O4/c1-9-13(10(2)21-17-9)8-16-15(18)12-6-5-11(19-3)7-14(12)20-4/h5-7H,8H2,1-4H3,(H,16,18). The van der Waals surface area contributed by atoms with Gasteiger partial charge in [-0.15, -0.1) is 0 Å². The van der Waals surface area contributed by atoms with E-state index in [1.54, 1.807) is 25.3 Å². The number of carbonyl (C=O) groups is 1. The number of methoxy groups -OCH3 is 2. The summed E-state index contributed by atoms with van der Waals surface area (Å²) < 4.78 is 15.4. The first-order valence-electron chi connectivity index (χ1n) is 6.48. The van der Waals surface area contributed by atoms with E-state index in [-0.39, 0.29) is 5.91 Å². The van der Waals surface area contributed by atoms with Gasteiger partial charge in [-0.1, -0.05) is 5.16 Å². The maximum absolute atomic E-state index is 12.3. The summed E-state index contributed by atoms with van der Waals surface area (Å²) in [6.07, 6.45) is 0. The van der Waals surface area contributed by atoms with Crippen molar-refractivity contribution in [3.8, 4) is 11.5 Å². The van der Waals surface area contributed by atoms with Crippen LogP contribution in [0.15, 0.2) is 22.7 Å². The highest BCUT2D eigenvalue weighted by Gasteiger charge is 2.15. The summed E-state index contributed by atoms with van der Waals surface area (Å²) in [7, 11) is 3.08. The Labute approximate surface area is 123 Å². The number of carbonyl (C=O) groups excluding carboxylic acids is 1. The Kier molecular flexibility index (Phi) is 4.47. The topological polar surface area (TPSA) is 73.6 Å². The molecule has 0 atom stereocenters. The van der Waals surface area contributed by atoms with Crippen molar-refractivity contribution in [1.82, 2.24) is 10.5 Å². The lowest BCUT2D eigenvalue weighted by Crippen LogP contribution is -2.23. The minimum absolute atomic E-state index is 0.227. The Morgan fingerprint density at radius 1 is 1.29 bits per heavy atom. The Balaban J connectivity index is 2.13. The molecule has 6 nitrogen and oxygen atoms in total. The summed E-state index contributed by atoms with van der Waals surface area (Å²) in [5.74, 6) is 1.57. The van der Waals surface area contributed by atoms with E-state index in [9.17, 15) is 4.79 Å². The molecule has 2 rings (SSSR count). The normalized spacial score (nSPS) is 10.3. The molecule has 0 saturated heterocycles. The van der Waals surface area contributed by atoms with Gasteiger partial charge in [-0.25, -0.2) is 0 Å². The average molecular weight is 290 g/mol. The molecule has 0 spiro atoms. The fourth-order valence-electron chi connectivity index (χ4n) is 2.00. The van der Waals surface area contributed by atoms with Crippen molar-refractivity contribution in [3.63, 3.8) is 0 Å². The van der Waals surface area contributed by atoms with Gasteiger partial charge in [0.1, 0.15) is 17.3 Å². The number of ether oxygens (including phenoxy) is 2. The molecule has 1 amide bonds. The van der Waals surface area contributed by atoms with E-state index in [4.69, 9.17) is 14.0 Å². The van der Waals surface area contributed by atoms with E-state index < -0.39 is 0 Å². The van der Waals surface area contributed by atoms with E-state index in [0.717, 1.165) is 11.3 Å². The first kappa shape index (κ1) is 14.9. The predicted octanol–water partition coefficient (Wildman–Crippen LogP) is 2.24. The number of hydrogen-bond acceptors (Lipinski definition) is 5. The minimum atomic E-state index is -0.227. The van der Waals surface area contributed by atoms with Gasteiger partial charge >= 0.3 is 0 Å². The number of nitrogens with one attached hydrogen (secondary N) is 1. The van der Waals surface area contributed by atoms with E-state index in [1.807, 2.05) is 13.8 Å². The molecule has 0 saturated carbocycles. The van der Waals surface area contributed by atoms with Crippen LogP contribution >= 0.6 is 0 Å². The predicted molar refractivity (Wildman–Crippen MR) is 76.7 cm³/mol. The summed E-state index contributed by atoms with van der Waals surface area (Å²) in [4.78, 5) is 12.3. The maximum Gasteiger partial charge on any atom is 0.255 e. The largest absolute Gasteiger partial charge is 0.497 e. The molecule has 1 aromatic heterocycles. The van der Waals surface area contributed by atoms with Crippen LogP contribution in [0.2, 0.25) is 0 Å². The van der Waals surface area contributed by atoms with Crippen LogP contribution in [0, 0.1) is 13.8 Å². The van der Waals surface area contributed by atoms with Crippen molar-refractivity contribution in [1.29, 1.82) is 0 Å².